The predicted octanol–water partition coefficient (Wildman–Crippen LogP) is 5.55. The van der Waals surface area contributed by atoms with Gasteiger partial charge in [-0.15, -0.1) is 0 Å². The Morgan fingerprint density at radius 2 is 1.15 bits per heavy atom. The van der Waals surface area contributed by atoms with Gasteiger partial charge in [-0.25, -0.2) is 0 Å². The van der Waals surface area contributed by atoms with E-state index in [1.54, 1.807) is 0 Å². The zero-order chi connectivity index (χ0) is 19.5. The molecule has 0 saturated carbocycles. The molecule has 4 nitrogen and oxygen atoms in total. The third-order valence-corrected chi connectivity index (χ3v) is 5.49. The second kappa shape index (κ2) is 13.8. The van der Waals surface area contributed by atoms with Crippen LogP contribution in [-0.4, -0.2) is 13.2 Å². The fraction of sp³-hybridized carbons (Fsp3) is 0.700. The number of hydrogen-bond acceptors (Lipinski definition) is 4. The summed E-state index contributed by atoms with van der Waals surface area (Å²) in [5, 5.41) is 0. The van der Waals surface area contributed by atoms with Crippen LogP contribution in [0.5, 0.6) is 0 Å². The first kappa shape index (κ1) is 25.7. The number of hydrogen-bond donors (Lipinski definition) is 0. The van der Waals surface area contributed by atoms with Gasteiger partial charge in [-0.05, 0) is 0 Å². The maximum atomic E-state index is 5.68. The van der Waals surface area contributed by atoms with Gasteiger partial charge in [0.25, 0.3) is 0 Å². The van der Waals surface area contributed by atoms with Crippen molar-refractivity contribution in [3.8, 4) is 0 Å². The molecule has 0 aliphatic heterocycles. The summed E-state index contributed by atoms with van der Waals surface area (Å²) in [6, 6.07) is 8.23. The molecule has 26 heavy (non-hydrogen) atoms. The Kier molecular flexibility index (Phi) is 13.6. The third-order valence-electron chi connectivity index (χ3n) is 3.98. The molecule has 0 aliphatic carbocycles. The van der Waals surface area contributed by atoms with Gasteiger partial charge in [-0.2, -0.15) is 0 Å². The van der Waals surface area contributed by atoms with Crippen molar-refractivity contribution in [2.75, 3.05) is 13.2 Å². The van der Waals surface area contributed by atoms with E-state index in [0.717, 1.165) is 36.8 Å². The summed E-state index contributed by atoms with van der Waals surface area (Å²) in [4.78, 5) is 22.2. The van der Waals surface area contributed by atoms with E-state index in [2.05, 4.69) is 91.5 Å². The molecule has 0 bridgehead atoms. The Balaban J connectivity index is 2.63. The third kappa shape index (κ3) is 9.90. The molecule has 1 aromatic carbocycles. The van der Waals surface area contributed by atoms with Crippen molar-refractivity contribution >= 4 is 0 Å². The fourth-order valence-electron chi connectivity index (χ4n) is 2.23. The molecular formula is C20H32O4Tb2. The molecule has 0 heterocycles. The monoisotopic (exact) mass is 654 g/mol. The summed E-state index contributed by atoms with van der Waals surface area (Å²) in [6.45, 7) is 9.30. The molecule has 0 spiro atoms. The summed E-state index contributed by atoms with van der Waals surface area (Å²) in [6.07, 6.45) is 4.35. The van der Waals surface area contributed by atoms with Crippen LogP contribution in [0.25, 0.3) is 0 Å². The Morgan fingerprint density at radius 1 is 0.731 bits per heavy atom. The molecule has 0 atom stereocenters. The molecule has 6 heteroatoms. The van der Waals surface area contributed by atoms with Crippen molar-refractivity contribution in [3.05, 3.63) is 35.4 Å². The quantitative estimate of drug-likeness (QED) is 0.150. The first-order valence-corrected chi connectivity index (χ1v) is 12.1. The average Bonchev–Trinajstić information content (AvgIpc) is 2.61. The number of benzene rings is 1. The van der Waals surface area contributed by atoms with E-state index in [4.69, 9.17) is 19.6 Å². The van der Waals surface area contributed by atoms with Gasteiger partial charge < -0.3 is 0 Å². The second-order valence-corrected chi connectivity index (χ2v) is 9.30. The topological polar surface area (TPSA) is 36.9 Å². The van der Waals surface area contributed by atoms with E-state index < -0.39 is 11.2 Å². The molecule has 0 aromatic heterocycles. The van der Waals surface area contributed by atoms with Gasteiger partial charge in [0.1, 0.15) is 0 Å². The van der Waals surface area contributed by atoms with E-state index in [9.17, 15) is 0 Å². The van der Waals surface area contributed by atoms with E-state index in [0.29, 0.717) is 13.2 Å². The van der Waals surface area contributed by atoms with Gasteiger partial charge in [-0.3, -0.25) is 0 Å². The van der Waals surface area contributed by atoms with Gasteiger partial charge in [-0.1, -0.05) is 0 Å². The standard InChI is InChI=1S/C20H32O4.2Tb/c1-7-9-14-21-23-19(3,4)17-12-11-13-18(16-17)20(5,6)24-22-15-10-8-2;;/h11-13,16H,1-2,7-10,14-15H2,3-6H3;;. The first-order valence-electron chi connectivity index (χ1n) is 9.11. The molecule has 0 aliphatic rings. The Morgan fingerprint density at radius 3 is 1.54 bits per heavy atom. The maximum absolute atomic E-state index is 5.68. The Labute approximate surface area is 208 Å². The van der Waals surface area contributed by atoms with Gasteiger partial charge >= 0.3 is 211 Å². The average molecular weight is 654 g/mol. The zero-order valence-corrected chi connectivity index (χ0v) is 20.5. The van der Waals surface area contributed by atoms with Crippen LogP contribution in [0.1, 0.15) is 64.5 Å². The van der Waals surface area contributed by atoms with Crippen LogP contribution in [-0.2, 0) is 30.8 Å². The molecule has 0 saturated heterocycles. The van der Waals surface area contributed by atoms with Crippen molar-refractivity contribution in [3.63, 3.8) is 0 Å². The van der Waals surface area contributed by atoms with Crippen LogP contribution in [0.2, 0.25) is 4.78 Å². The summed E-state index contributed by atoms with van der Waals surface area (Å²) in [5.41, 5.74) is 1.04. The molecule has 0 radical (unpaired) electrons. The molecule has 0 N–H and O–H groups in total. The van der Waals surface area contributed by atoms with Crippen LogP contribution in [0.4, 0.5) is 0 Å². The van der Waals surface area contributed by atoms with Gasteiger partial charge in [0.15, 0.2) is 0 Å². The van der Waals surface area contributed by atoms with Crippen LogP contribution in [0, 0.1) is 73.3 Å². The number of unbranched alkanes of at least 4 members (excludes halogenated alkanes) is 2. The van der Waals surface area contributed by atoms with E-state index in [-0.39, 0.29) is 0 Å². The van der Waals surface area contributed by atoms with Crippen molar-refractivity contribution < 1.29 is 92.8 Å². The summed E-state index contributed by atoms with van der Waals surface area (Å²) < 4.78 is 2.34. The minimum atomic E-state index is -0.527. The van der Waals surface area contributed by atoms with Crippen molar-refractivity contribution in [1.82, 2.24) is 0 Å². The Hall–Kier alpha value is 1.63. The predicted molar refractivity (Wildman–Crippen MR) is 94.7 cm³/mol. The van der Waals surface area contributed by atoms with Gasteiger partial charge in [0, 0.05) is 0 Å². The van der Waals surface area contributed by atoms with E-state index >= 15 is 0 Å². The zero-order valence-electron chi connectivity index (χ0n) is 16.3. The summed E-state index contributed by atoms with van der Waals surface area (Å²) in [7, 11) is 0. The molecule has 154 valence electrons. The van der Waals surface area contributed by atoms with Crippen LogP contribution in [0.3, 0.4) is 0 Å². The van der Waals surface area contributed by atoms with Crippen LogP contribution >= 0.6 is 0 Å². The van der Waals surface area contributed by atoms with E-state index in [1.165, 1.54) is 4.78 Å². The normalized spacial score (nSPS) is 12.6. The fourth-order valence-corrected chi connectivity index (χ4v) is 3.30. The molecule has 0 fully saturated rings. The summed E-state index contributed by atoms with van der Waals surface area (Å²) in [5.74, 6) is 0. The van der Waals surface area contributed by atoms with Crippen LogP contribution < -0.4 is 0 Å². The first-order chi connectivity index (χ1) is 12.3. The van der Waals surface area contributed by atoms with Crippen LogP contribution in [0.15, 0.2) is 24.3 Å². The molecular weight excluding hydrogens is 622 g/mol. The summed E-state index contributed by atoms with van der Waals surface area (Å²) >= 11 is 4.35. The number of rotatable bonds is 14. The van der Waals surface area contributed by atoms with E-state index in [1.807, 2.05) is 33.8 Å². The van der Waals surface area contributed by atoms with Gasteiger partial charge in [0.05, 0.1) is 0 Å². The molecule has 0 unspecified atom stereocenters. The molecule has 0 amide bonds. The van der Waals surface area contributed by atoms with Crippen molar-refractivity contribution in [2.45, 2.75) is 69.4 Å². The molecule has 1 rings (SSSR count). The van der Waals surface area contributed by atoms with Crippen molar-refractivity contribution in [2.24, 2.45) is 0 Å². The Bertz CT molecular complexity index is 465. The van der Waals surface area contributed by atoms with Crippen molar-refractivity contribution in [1.29, 1.82) is 0 Å². The van der Waals surface area contributed by atoms with Gasteiger partial charge in [0.2, 0.25) is 0 Å². The molecule has 1 aromatic rings. The second-order valence-electron chi connectivity index (χ2n) is 7.16. The minimum absolute atomic E-state index is 0.527. The SMILES string of the molecule is CC(C)(OOCCC[CH2][Tb])c1cccc(C(C)(C)OOCCC[CH2][Tb])c1.